The van der Waals surface area contributed by atoms with Gasteiger partial charge in [-0.3, -0.25) is 4.79 Å². The molecular formula is C13H20O3. The first-order chi connectivity index (χ1) is 7.75. The Morgan fingerprint density at radius 1 is 1.12 bits per heavy atom. The van der Waals surface area contributed by atoms with Crippen molar-refractivity contribution in [1.82, 2.24) is 0 Å². The normalized spacial score (nSPS) is 34.7. The topological polar surface area (TPSA) is 46.5 Å². The van der Waals surface area contributed by atoms with Crippen LogP contribution in [-0.2, 0) is 9.53 Å². The van der Waals surface area contributed by atoms with E-state index in [1.807, 2.05) is 0 Å². The molecule has 3 nitrogen and oxygen atoms in total. The highest BCUT2D eigenvalue weighted by Crippen LogP contribution is 2.25. The van der Waals surface area contributed by atoms with Crippen molar-refractivity contribution in [3.8, 4) is 0 Å². The molecule has 0 aromatic heterocycles. The number of hydrogen-bond donors (Lipinski definition) is 1. The van der Waals surface area contributed by atoms with Crippen molar-refractivity contribution in [3.05, 3.63) is 12.2 Å². The van der Waals surface area contributed by atoms with Gasteiger partial charge in [-0.2, -0.15) is 0 Å². The van der Waals surface area contributed by atoms with Crippen LogP contribution in [0.25, 0.3) is 0 Å². The lowest BCUT2D eigenvalue weighted by molar-refractivity contribution is -0.156. The van der Waals surface area contributed by atoms with E-state index in [-0.39, 0.29) is 24.1 Å². The van der Waals surface area contributed by atoms with Crippen LogP contribution in [0.4, 0.5) is 0 Å². The van der Waals surface area contributed by atoms with Gasteiger partial charge in [-0.1, -0.05) is 12.2 Å². The summed E-state index contributed by atoms with van der Waals surface area (Å²) in [5.41, 5.74) is 0. The first-order valence-electron chi connectivity index (χ1n) is 6.29. The molecule has 2 aliphatic rings. The zero-order valence-corrected chi connectivity index (χ0v) is 9.60. The summed E-state index contributed by atoms with van der Waals surface area (Å²) in [5.74, 6) is 0.0302. The van der Waals surface area contributed by atoms with Gasteiger partial charge < -0.3 is 9.84 Å². The van der Waals surface area contributed by atoms with Gasteiger partial charge in [0.2, 0.25) is 0 Å². The maximum Gasteiger partial charge on any atom is 0.309 e. The van der Waals surface area contributed by atoms with Crippen LogP contribution in [0.3, 0.4) is 0 Å². The summed E-state index contributed by atoms with van der Waals surface area (Å²) in [5, 5.41) is 9.36. The minimum Gasteiger partial charge on any atom is -0.462 e. The highest BCUT2D eigenvalue weighted by molar-refractivity contribution is 5.73. The third-order valence-electron chi connectivity index (χ3n) is 3.53. The molecule has 1 unspecified atom stereocenters. The Balaban J connectivity index is 1.76. The Hall–Kier alpha value is -0.830. The van der Waals surface area contributed by atoms with E-state index in [1.54, 1.807) is 0 Å². The molecular weight excluding hydrogens is 204 g/mol. The lowest BCUT2D eigenvalue weighted by atomic mass is 9.93. The molecule has 1 saturated carbocycles. The Labute approximate surface area is 96.5 Å². The summed E-state index contributed by atoms with van der Waals surface area (Å²) in [6.45, 7) is 0. The van der Waals surface area contributed by atoms with Crippen molar-refractivity contribution < 1.29 is 14.6 Å². The van der Waals surface area contributed by atoms with Crippen LogP contribution >= 0.6 is 0 Å². The van der Waals surface area contributed by atoms with Gasteiger partial charge in [-0.25, -0.2) is 0 Å². The van der Waals surface area contributed by atoms with Crippen LogP contribution in [-0.4, -0.2) is 23.3 Å². The Morgan fingerprint density at radius 3 is 2.50 bits per heavy atom. The third kappa shape index (κ3) is 3.08. The average Bonchev–Trinajstić information content (AvgIpc) is 2.33. The predicted molar refractivity (Wildman–Crippen MR) is 60.8 cm³/mol. The van der Waals surface area contributed by atoms with E-state index in [9.17, 15) is 9.90 Å². The molecule has 0 bridgehead atoms. The third-order valence-corrected chi connectivity index (χ3v) is 3.53. The van der Waals surface area contributed by atoms with E-state index in [1.165, 1.54) is 0 Å². The van der Waals surface area contributed by atoms with Crippen molar-refractivity contribution in [2.24, 2.45) is 5.92 Å². The van der Waals surface area contributed by atoms with Crippen LogP contribution in [0.5, 0.6) is 0 Å². The van der Waals surface area contributed by atoms with E-state index >= 15 is 0 Å². The zero-order chi connectivity index (χ0) is 11.4. The van der Waals surface area contributed by atoms with E-state index in [0.717, 1.165) is 44.9 Å². The van der Waals surface area contributed by atoms with Gasteiger partial charge in [0.15, 0.2) is 0 Å². The van der Waals surface area contributed by atoms with Gasteiger partial charge in [0.05, 0.1) is 12.0 Å². The lowest BCUT2D eigenvalue weighted by Crippen LogP contribution is -2.29. The fraction of sp³-hybridized carbons (Fsp3) is 0.769. The fourth-order valence-corrected chi connectivity index (χ4v) is 2.43. The lowest BCUT2D eigenvalue weighted by Gasteiger charge is -2.27. The Kier molecular flexibility index (Phi) is 3.99. The Bertz CT molecular complexity index is 264. The second-order valence-corrected chi connectivity index (χ2v) is 4.85. The number of aliphatic hydroxyl groups excluding tert-OH is 1. The summed E-state index contributed by atoms with van der Waals surface area (Å²) >= 11 is 0. The number of rotatable bonds is 2. The van der Waals surface area contributed by atoms with Crippen molar-refractivity contribution in [2.75, 3.05) is 0 Å². The highest BCUT2D eigenvalue weighted by atomic mass is 16.5. The first kappa shape index (κ1) is 11.6. The number of hydrogen-bond acceptors (Lipinski definition) is 3. The predicted octanol–water partition coefficient (Wildman–Crippen LogP) is 2.19. The number of carbonyl (C=O) groups is 1. The van der Waals surface area contributed by atoms with Crippen LogP contribution < -0.4 is 0 Å². The minimum atomic E-state index is -0.187. The summed E-state index contributed by atoms with van der Waals surface area (Å²) in [4.78, 5) is 11.8. The maximum absolute atomic E-state index is 11.8. The molecule has 1 fully saturated rings. The summed E-state index contributed by atoms with van der Waals surface area (Å²) in [7, 11) is 0. The summed E-state index contributed by atoms with van der Waals surface area (Å²) in [6.07, 6.45) is 9.95. The quantitative estimate of drug-likeness (QED) is 0.577. The summed E-state index contributed by atoms with van der Waals surface area (Å²) < 4.78 is 5.50. The fourth-order valence-electron chi connectivity index (χ4n) is 2.43. The maximum atomic E-state index is 11.8. The molecule has 0 aliphatic heterocycles. The smallest absolute Gasteiger partial charge is 0.309 e. The molecule has 90 valence electrons. The zero-order valence-electron chi connectivity index (χ0n) is 9.60. The molecule has 2 aliphatic carbocycles. The standard InChI is InChI=1S/C13H20O3/c14-11-6-8-12(9-7-11)16-13(15)10-4-2-1-3-5-10/h1-2,10-12,14H,3-9H2. The SMILES string of the molecule is O=C(OC1CCC(O)CC1)C1CC=CCC1. The summed E-state index contributed by atoms with van der Waals surface area (Å²) in [6, 6.07) is 0. The van der Waals surface area contributed by atoms with Crippen LogP contribution in [0.1, 0.15) is 44.9 Å². The molecule has 0 radical (unpaired) electrons. The second-order valence-electron chi connectivity index (χ2n) is 4.85. The molecule has 1 atom stereocenters. The van der Waals surface area contributed by atoms with E-state index in [2.05, 4.69) is 12.2 Å². The molecule has 0 amide bonds. The highest BCUT2D eigenvalue weighted by Gasteiger charge is 2.26. The Morgan fingerprint density at radius 2 is 1.88 bits per heavy atom. The van der Waals surface area contributed by atoms with E-state index in [0.29, 0.717) is 0 Å². The van der Waals surface area contributed by atoms with Crippen LogP contribution in [0.15, 0.2) is 12.2 Å². The monoisotopic (exact) mass is 224 g/mol. The number of aliphatic hydroxyl groups is 1. The van der Waals surface area contributed by atoms with Gasteiger partial charge in [0.1, 0.15) is 6.10 Å². The largest absolute Gasteiger partial charge is 0.462 e. The average molecular weight is 224 g/mol. The molecule has 3 heteroatoms. The van der Waals surface area contributed by atoms with Gasteiger partial charge in [-0.15, -0.1) is 0 Å². The first-order valence-corrected chi connectivity index (χ1v) is 6.29. The van der Waals surface area contributed by atoms with Gasteiger partial charge >= 0.3 is 5.97 Å². The molecule has 0 aromatic carbocycles. The molecule has 16 heavy (non-hydrogen) atoms. The minimum absolute atomic E-state index is 0.0364. The number of carbonyl (C=O) groups excluding carboxylic acids is 1. The number of esters is 1. The van der Waals surface area contributed by atoms with Gasteiger partial charge in [0.25, 0.3) is 0 Å². The van der Waals surface area contributed by atoms with Crippen LogP contribution in [0.2, 0.25) is 0 Å². The van der Waals surface area contributed by atoms with Crippen molar-refractivity contribution in [2.45, 2.75) is 57.2 Å². The van der Waals surface area contributed by atoms with Crippen molar-refractivity contribution >= 4 is 5.97 Å². The van der Waals surface area contributed by atoms with Crippen LogP contribution in [0, 0.1) is 5.92 Å². The molecule has 1 N–H and O–H groups in total. The molecule has 2 rings (SSSR count). The van der Waals surface area contributed by atoms with Crippen molar-refractivity contribution in [1.29, 1.82) is 0 Å². The molecule has 0 spiro atoms. The van der Waals surface area contributed by atoms with Gasteiger partial charge in [-0.05, 0) is 44.9 Å². The van der Waals surface area contributed by atoms with E-state index in [4.69, 9.17) is 4.74 Å². The molecule has 0 saturated heterocycles. The molecule has 0 heterocycles. The number of ether oxygens (including phenoxy) is 1. The van der Waals surface area contributed by atoms with Gasteiger partial charge in [0, 0.05) is 0 Å². The van der Waals surface area contributed by atoms with E-state index < -0.39 is 0 Å². The van der Waals surface area contributed by atoms with Crippen molar-refractivity contribution in [3.63, 3.8) is 0 Å². The number of allylic oxidation sites excluding steroid dienone is 2. The molecule has 0 aromatic rings. The second kappa shape index (κ2) is 5.48.